The Morgan fingerprint density at radius 2 is 1.91 bits per heavy atom. The summed E-state index contributed by atoms with van der Waals surface area (Å²) in [6, 6.07) is 9.77. The summed E-state index contributed by atoms with van der Waals surface area (Å²) >= 11 is 0. The van der Waals surface area contributed by atoms with Crippen molar-refractivity contribution in [3.63, 3.8) is 0 Å². The number of rotatable bonds is 6. The Hall–Kier alpha value is -1.59. The summed E-state index contributed by atoms with van der Waals surface area (Å²) in [5.41, 5.74) is 1.01. The first-order valence-electron chi connectivity index (χ1n) is 8.61. The van der Waals surface area contributed by atoms with Gasteiger partial charge in [0.1, 0.15) is 6.61 Å². The largest absolute Gasteiger partial charge is 0.445 e. The van der Waals surface area contributed by atoms with Crippen LogP contribution in [0.15, 0.2) is 30.3 Å². The highest BCUT2D eigenvalue weighted by Crippen LogP contribution is 2.15. The molecule has 1 aromatic carbocycles. The molecule has 2 heterocycles. The first kappa shape index (κ1) is 16.3. The number of carbonyl (C=O) groups excluding carboxylic acids is 1. The molecule has 23 heavy (non-hydrogen) atoms. The normalized spacial score (nSPS) is 21.7. The van der Waals surface area contributed by atoms with Gasteiger partial charge in [0.15, 0.2) is 0 Å². The van der Waals surface area contributed by atoms with Gasteiger partial charge in [-0.05, 0) is 37.9 Å². The van der Waals surface area contributed by atoms with Crippen LogP contribution in [-0.2, 0) is 16.1 Å². The van der Waals surface area contributed by atoms with Crippen molar-refractivity contribution in [2.24, 2.45) is 0 Å². The Bertz CT molecular complexity index is 488. The molecule has 5 heteroatoms. The predicted octanol–water partition coefficient (Wildman–Crippen LogP) is 2.51. The minimum atomic E-state index is -0.237. The van der Waals surface area contributed by atoms with Gasteiger partial charge in [-0.15, -0.1) is 0 Å². The third-order valence-electron chi connectivity index (χ3n) is 4.57. The van der Waals surface area contributed by atoms with Crippen molar-refractivity contribution in [3.05, 3.63) is 35.9 Å². The second-order valence-electron chi connectivity index (χ2n) is 6.32. The minimum Gasteiger partial charge on any atom is -0.445 e. The van der Waals surface area contributed by atoms with Gasteiger partial charge < -0.3 is 19.3 Å². The van der Waals surface area contributed by atoms with E-state index in [0.717, 1.165) is 31.7 Å². The number of hydrogen-bond acceptors (Lipinski definition) is 4. The summed E-state index contributed by atoms with van der Waals surface area (Å²) in [4.78, 5) is 16.3. The van der Waals surface area contributed by atoms with Crippen LogP contribution >= 0.6 is 0 Å². The van der Waals surface area contributed by atoms with Crippen LogP contribution < -0.4 is 0 Å². The fourth-order valence-electron chi connectivity index (χ4n) is 3.20. The number of ether oxygens (including phenoxy) is 2. The van der Waals surface area contributed by atoms with Crippen LogP contribution in [0.5, 0.6) is 0 Å². The van der Waals surface area contributed by atoms with E-state index in [0.29, 0.717) is 13.2 Å². The lowest BCUT2D eigenvalue weighted by molar-refractivity contribution is 0.0432. The van der Waals surface area contributed by atoms with E-state index in [-0.39, 0.29) is 12.2 Å². The summed E-state index contributed by atoms with van der Waals surface area (Å²) in [5.74, 6) is 0. The molecular formula is C18H26N2O3. The molecule has 126 valence electrons. The fraction of sp³-hybridized carbons (Fsp3) is 0.611. The zero-order valence-corrected chi connectivity index (χ0v) is 13.7. The van der Waals surface area contributed by atoms with E-state index in [2.05, 4.69) is 4.90 Å². The zero-order chi connectivity index (χ0) is 15.9. The minimum absolute atomic E-state index is 0.155. The Balaban J connectivity index is 1.33. The molecule has 1 atom stereocenters. The Morgan fingerprint density at radius 1 is 1.13 bits per heavy atom. The number of carbonyl (C=O) groups is 1. The monoisotopic (exact) mass is 318 g/mol. The lowest BCUT2D eigenvalue weighted by Crippen LogP contribution is -2.31. The number of nitrogens with zero attached hydrogens (tertiary/aromatic N) is 2. The lowest BCUT2D eigenvalue weighted by Gasteiger charge is -2.18. The van der Waals surface area contributed by atoms with Crippen molar-refractivity contribution in [2.45, 2.75) is 32.0 Å². The second-order valence-corrected chi connectivity index (χ2v) is 6.32. The van der Waals surface area contributed by atoms with Gasteiger partial charge in [0, 0.05) is 13.1 Å². The number of amides is 1. The van der Waals surface area contributed by atoms with Gasteiger partial charge in [-0.3, -0.25) is 0 Å². The van der Waals surface area contributed by atoms with Crippen molar-refractivity contribution in [2.75, 3.05) is 39.3 Å². The lowest BCUT2D eigenvalue weighted by atomic mass is 10.2. The van der Waals surface area contributed by atoms with Crippen LogP contribution in [0.25, 0.3) is 0 Å². The first-order chi connectivity index (χ1) is 11.3. The highest BCUT2D eigenvalue weighted by molar-refractivity contribution is 5.68. The molecule has 0 bridgehead atoms. The molecule has 0 spiro atoms. The fourth-order valence-corrected chi connectivity index (χ4v) is 3.20. The Labute approximate surface area is 138 Å². The Kier molecular flexibility index (Phi) is 5.88. The summed E-state index contributed by atoms with van der Waals surface area (Å²) < 4.78 is 11.3. The van der Waals surface area contributed by atoms with Crippen molar-refractivity contribution in [1.82, 2.24) is 9.80 Å². The maximum atomic E-state index is 12.1. The van der Waals surface area contributed by atoms with E-state index in [9.17, 15) is 4.79 Å². The van der Waals surface area contributed by atoms with Gasteiger partial charge in [0.25, 0.3) is 0 Å². The Morgan fingerprint density at radius 3 is 2.70 bits per heavy atom. The molecule has 0 saturated carbocycles. The second kappa shape index (κ2) is 8.31. The molecular weight excluding hydrogens is 292 g/mol. The van der Waals surface area contributed by atoms with Gasteiger partial charge >= 0.3 is 6.09 Å². The predicted molar refractivity (Wildman–Crippen MR) is 88.2 cm³/mol. The highest BCUT2D eigenvalue weighted by atomic mass is 16.6. The van der Waals surface area contributed by atoms with Crippen molar-refractivity contribution >= 4 is 6.09 Å². The van der Waals surface area contributed by atoms with Crippen LogP contribution in [0.3, 0.4) is 0 Å². The third-order valence-corrected chi connectivity index (χ3v) is 4.57. The molecule has 3 rings (SSSR count). The molecule has 2 aliphatic heterocycles. The van der Waals surface area contributed by atoms with Crippen LogP contribution in [0, 0.1) is 0 Å². The SMILES string of the molecule is O=C(OCc1ccccc1)N1CC[C@@H](OCCN2CCCC2)C1. The van der Waals surface area contributed by atoms with Crippen molar-refractivity contribution in [1.29, 1.82) is 0 Å². The van der Waals surface area contributed by atoms with Gasteiger partial charge in [-0.2, -0.15) is 0 Å². The number of hydrogen-bond donors (Lipinski definition) is 0. The quantitative estimate of drug-likeness (QED) is 0.808. The van der Waals surface area contributed by atoms with E-state index in [1.807, 2.05) is 30.3 Å². The molecule has 2 aliphatic rings. The molecule has 2 saturated heterocycles. The maximum absolute atomic E-state index is 12.1. The van der Waals surface area contributed by atoms with Crippen molar-refractivity contribution < 1.29 is 14.3 Å². The van der Waals surface area contributed by atoms with Gasteiger partial charge in [-0.25, -0.2) is 4.79 Å². The molecule has 2 fully saturated rings. The third kappa shape index (κ3) is 4.94. The van der Waals surface area contributed by atoms with E-state index >= 15 is 0 Å². The van der Waals surface area contributed by atoms with E-state index in [1.54, 1.807) is 4.90 Å². The summed E-state index contributed by atoms with van der Waals surface area (Å²) in [6.45, 7) is 5.87. The molecule has 0 radical (unpaired) electrons. The van der Waals surface area contributed by atoms with E-state index in [1.165, 1.54) is 25.9 Å². The average molecular weight is 318 g/mol. The smallest absolute Gasteiger partial charge is 0.410 e. The number of benzene rings is 1. The van der Waals surface area contributed by atoms with Gasteiger partial charge in [-0.1, -0.05) is 30.3 Å². The standard InChI is InChI=1S/C18H26N2O3/c21-18(23-15-16-6-2-1-3-7-16)20-11-8-17(14-20)22-13-12-19-9-4-5-10-19/h1-3,6-7,17H,4-5,8-15H2/t17-/m1/s1. The van der Waals surface area contributed by atoms with Crippen LogP contribution in [0.2, 0.25) is 0 Å². The molecule has 5 nitrogen and oxygen atoms in total. The van der Waals surface area contributed by atoms with Gasteiger partial charge in [0.05, 0.1) is 19.3 Å². The van der Waals surface area contributed by atoms with Crippen LogP contribution in [0.4, 0.5) is 4.79 Å². The van der Waals surface area contributed by atoms with Crippen LogP contribution in [0.1, 0.15) is 24.8 Å². The van der Waals surface area contributed by atoms with Gasteiger partial charge in [0.2, 0.25) is 0 Å². The molecule has 0 N–H and O–H groups in total. The molecule has 1 aromatic rings. The zero-order valence-electron chi connectivity index (χ0n) is 13.7. The summed E-state index contributed by atoms with van der Waals surface area (Å²) in [5, 5.41) is 0. The van der Waals surface area contributed by atoms with E-state index in [4.69, 9.17) is 9.47 Å². The first-order valence-corrected chi connectivity index (χ1v) is 8.61. The average Bonchev–Trinajstić information content (AvgIpc) is 3.25. The molecule has 0 aromatic heterocycles. The molecule has 1 amide bonds. The van der Waals surface area contributed by atoms with E-state index < -0.39 is 0 Å². The topological polar surface area (TPSA) is 42.0 Å². The summed E-state index contributed by atoms with van der Waals surface area (Å²) in [7, 11) is 0. The van der Waals surface area contributed by atoms with Crippen LogP contribution in [-0.4, -0.2) is 61.3 Å². The number of likely N-dealkylation sites (tertiary alicyclic amines) is 2. The summed E-state index contributed by atoms with van der Waals surface area (Å²) in [6.07, 6.45) is 3.44. The molecule has 0 aliphatic carbocycles. The maximum Gasteiger partial charge on any atom is 0.410 e. The highest BCUT2D eigenvalue weighted by Gasteiger charge is 2.28. The van der Waals surface area contributed by atoms with Crippen molar-refractivity contribution in [3.8, 4) is 0 Å². The molecule has 0 unspecified atom stereocenters.